The van der Waals surface area contributed by atoms with Crippen molar-refractivity contribution < 1.29 is 9.59 Å². The van der Waals surface area contributed by atoms with E-state index in [1.165, 1.54) is 11.3 Å². The van der Waals surface area contributed by atoms with Crippen molar-refractivity contribution >= 4 is 23.2 Å². The summed E-state index contributed by atoms with van der Waals surface area (Å²) in [6.07, 6.45) is 1.76. The first-order valence-corrected chi connectivity index (χ1v) is 9.46. The summed E-state index contributed by atoms with van der Waals surface area (Å²) < 4.78 is 0. The van der Waals surface area contributed by atoms with Gasteiger partial charge in [-0.2, -0.15) is 0 Å². The molecule has 2 heterocycles. The minimum absolute atomic E-state index is 0.00838. The van der Waals surface area contributed by atoms with Crippen LogP contribution in [0.15, 0.2) is 47.8 Å². The number of carbonyl (C=O) groups is 2. The number of thiophene rings is 1. The number of benzene rings is 1. The van der Waals surface area contributed by atoms with Crippen molar-refractivity contribution in [3.05, 3.63) is 58.3 Å². The fraction of sp³-hybridized carbons (Fsp3) is 0.368. The molecule has 2 amide bonds. The van der Waals surface area contributed by atoms with Gasteiger partial charge in [-0.15, -0.1) is 11.3 Å². The normalized spacial score (nSPS) is 15.7. The van der Waals surface area contributed by atoms with Crippen molar-refractivity contribution in [1.29, 1.82) is 0 Å². The standard InChI is InChI=1S/C19H23N3O2S/c23-18(20-13-15-5-2-1-3-6-15)14-22-10-8-16(9-11-22)21-19(24)17-7-4-12-25-17/h1-7,12,16H,8-11,13-14H2,(H,20,23)(H,21,24). The fourth-order valence-electron chi connectivity index (χ4n) is 2.96. The number of amides is 2. The predicted molar refractivity (Wildman–Crippen MR) is 99.5 cm³/mol. The van der Waals surface area contributed by atoms with E-state index in [2.05, 4.69) is 15.5 Å². The average Bonchev–Trinajstić information content (AvgIpc) is 3.17. The van der Waals surface area contributed by atoms with Crippen LogP contribution in [0.4, 0.5) is 0 Å². The summed E-state index contributed by atoms with van der Waals surface area (Å²) in [5, 5.41) is 7.95. The lowest BCUT2D eigenvalue weighted by Crippen LogP contribution is -2.47. The third-order valence-corrected chi connectivity index (χ3v) is 5.24. The summed E-state index contributed by atoms with van der Waals surface area (Å²) in [6, 6.07) is 13.8. The highest BCUT2D eigenvalue weighted by molar-refractivity contribution is 7.12. The molecule has 1 aliphatic heterocycles. The number of nitrogens with zero attached hydrogens (tertiary/aromatic N) is 1. The molecule has 1 aliphatic rings. The average molecular weight is 357 g/mol. The maximum absolute atomic E-state index is 12.1. The molecule has 6 heteroatoms. The van der Waals surface area contributed by atoms with Gasteiger partial charge in [0, 0.05) is 25.7 Å². The Labute approximate surface area is 152 Å². The first-order valence-electron chi connectivity index (χ1n) is 8.58. The molecule has 132 valence electrons. The smallest absolute Gasteiger partial charge is 0.261 e. The van der Waals surface area contributed by atoms with Crippen LogP contribution in [0.3, 0.4) is 0 Å². The van der Waals surface area contributed by atoms with Crippen LogP contribution in [-0.4, -0.2) is 42.4 Å². The highest BCUT2D eigenvalue weighted by atomic mass is 32.1. The van der Waals surface area contributed by atoms with Crippen LogP contribution in [0.25, 0.3) is 0 Å². The van der Waals surface area contributed by atoms with Gasteiger partial charge >= 0.3 is 0 Å². The molecule has 2 N–H and O–H groups in total. The van der Waals surface area contributed by atoms with Crippen LogP contribution >= 0.6 is 11.3 Å². The van der Waals surface area contributed by atoms with E-state index < -0.39 is 0 Å². The summed E-state index contributed by atoms with van der Waals surface area (Å²) in [7, 11) is 0. The Kier molecular flexibility index (Phi) is 6.19. The zero-order valence-corrected chi connectivity index (χ0v) is 14.9. The van der Waals surface area contributed by atoms with Gasteiger partial charge in [-0.3, -0.25) is 14.5 Å². The number of piperidine rings is 1. The third kappa shape index (κ3) is 5.41. The van der Waals surface area contributed by atoms with E-state index in [4.69, 9.17) is 0 Å². The minimum atomic E-state index is 0.00838. The number of hydrogen-bond acceptors (Lipinski definition) is 4. The monoisotopic (exact) mass is 357 g/mol. The van der Waals surface area contributed by atoms with Crippen LogP contribution in [0.1, 0.15) is 28.1 Å². The Hall–Kier alpha value is -2.18. The number of rotatable bonds is 6. The van der Waals surface area contributed by atoms with Crippen molar-refractivity contribution in [3.63, 3.8) is 0 Å². The van der Waals surface area contributed by atoms with Crippen molar-refractivity contribution in [2.75, 3.05) is 19.6 Å². The van der Waals surface area contributed by atoms with Crippen molar-refractivity contribution in [3.8, 4) is 0 Å². The number of carbonyl (C=O) groups excluding carboxylic acids is 2. The fourth-order valence-corrected chi connectivity index (χ4v) is 3.58. The second-order valence-electron chi connectivity index (χ2n) is 6.26. The van der Waals surface area contributed by atoms with Gasteiger partial charge in [-0.05, 0) is 29.9 Å². The molecule has 1 aromatic carbocycles. The Morgan fingerprint density at radius 2 is 1.84 bits per heavy atom. The number of hydrogen-bond donors (Lipinski definition) is 2. The van der Waals surface area contributed by atoms with E-state index in [1.54, 1.807) is 0 Å². The van der Waals surface area contributed by atoms with Crippen LogP contribution < -0.4 is 10.6 Å². The quantitative estimate of drug-likeness (QED) is 0.834. The maximum Gasteiger partial charge on any atom is 0.261 e. The number of likely N-dealkylation sites (tertiary alicyclic amines) is 1. The molecule has 0 unspecified atom stereocenters. The molecule has 0 bridgehead atoms. The summed E-state index contributed by atoms with van der Waals surface area (Å²) >= 11 is 1.46. The zero-order valence-electron chi connectivity index (χ0n) is 14.1. The molecule has 25 heavy (non-hydrogen) atoms. The molecule has 5 nitrogen and oxygen atoms in total. The summed E-state index contributed by atoms with van der Waals surface area (Å²) in [4.78, 5) is 27.1. The highest BCUT2D eigenvalue weighted by Crippen LogP contribution is 2.13. The summed E-state index contributed by atoms with van der Waals surface area (Å²) in [5.74, 6) is 0.0546. The predicted octanol–water partition coefficient (Wildman–Crippen LogP) is 2.26. The van der Waals surface area contributed by atoms with Crippen LogP contribution in [-0.2, 0) is 11.3 Å². The van der Waals surface area contributed by atoms with E-state index in [0.717, 1.165) is 36.4 Å². The molecule has 1 fully saturated rings. The minimum Gasteiger partial charge on any atom is -0.351 e. The van der Waals surface area contributed by atoms with Gasteiger partial charge in [0.2, 0.25) is 5.91 Å². The van der Waals surface area contributed by atoms with Gasteiger partial charge in [-0.1, -0.05) is 36.4 Å². The molecule has 2 aromatic rings. The molecule has 1 saturated heterocycles. The Morgan fingerprint density at radius 3 is 2.52 bits per heavy atom. The first kappa shape index (κ1) is 17.6. The lowest BCUT2D eigenvalue weighted by atomic mass is 10.0. The second kappa shape index (κ2) is 8.78. The van der Waals surface area contributed by atoms with Gasteiger partial charge in [0.25, 0.3) is 5.91 Å². The van der Waals surface area contributed by atoms with Crippen molar-refractivity contribution in [2.45, 2.75) is 25.4 Å². The third-order valence-electron chi connectivity index (χ3n) is 4.37. The van der Waals surface area contributed by atoms with Crippen molar-refractivity contribution in [1.82, 2.24) is 15.5 Å². The molecule has 0 aliphatic carbocycles. The SMILES string of the molecule is O=C(CN1CCC(NC(=O)c2cccs2)CC1)NCc1ccccc1. The van der Waals surface area contributed by atoms with Gasteiger partial charge < -0.3 is 10.6 Å². The molecular weight excluding hydrogens is 334 g/mol. The maximum atomic E-state index is 12.1. The Bertz CT molecular complexity index is 680. The number of nitrogens with one attached hydrogen (secondary N) is 2. The largest absolute Gasteiger partial charge is 0.351 e. The van der Waals surface area contributed by atoms with Crippen LogP contribution in [0.5, 0.6) is 0 Å². The second-order valence-corrected chi connectivity index (χ2v) is 7.21. The summed E-state index contributed by atoms with van der Waals surface area (Å²) in [5.41, 5.74) is 1.10. The highest BCUT2D eigenvalue weighted by Gasteiger charge is 2.22. The van der Waals surface area contributed by atoms with Crippen LogP contribution in [0.2, 0.25) is 0 Å². The topological polar surface area (TPSA) is 61.4 Å². The molecular formula is C19H23N3O2S. The van der Waals surface area contributed by atoms with Gasteiger partial charge in [-0.25, -0.2) is 0 Å². The Balaban J connectivity index is 1.36. The van der Waals surface area contributed by atoms with E-state index in [9.17, 15) is 9.59 Å². The van der Waals surface area contributed by atoms with E-state index in [1.807, 2.05) is 47.8 Å². The lowest BCUT2D eigenvalue weighted by molar-refractivity contribution is -0.122. The van der Waals surface area contributed by atoms with E-state index >= 15 is 0 Å². The molecule has 0 radical (unpaired) electrons. The molecule has 3 rings (SSSR count). The Morgan fingerprint density at radius 1 is 1.08 bits per heavy atom. The first-order chi connectivity index (χ1) is 12.2. The van der Waals surface area contributed by atoms with Gasteiger partial charge in [0.1, 0.15) is 0 Å². The molecule has 1 aromatic heterocycles. The molecule has 0 spiro atoms. The van der Waals surface area contributed by atoms with Crippen LogP contribution in [0, 0.1) is 0 Å². The molecule has 0 atom stereocenters. The van der Waals surface area contributed by atoms with E-state index in [0.29, 0.717) is 13.1 Å². The van der Waals surface area contributed by atoms with Gasteiger partial charge in [0.15, 0.2) is 0 Å². The molecule has 0 saturated carbocycles. The lowest BCUT2D eigenvalue weighted by Gasteiger charge is -2.31. The van der Waals surface area contributed by atoms with E-state index in [-0.39, 0.29) is 17.9 Å². The van der Waals surface area contributed by atoms with Crippen molar-refractivity contribution in [2.24, 2.45) is 0 Å². The summed E-state index contributed by atoms with van der Waals surface area (Å²) in [6.45, 7) is 2.63. The zero-order chi connectivity index (χ0) is 17.5. The van der Waals surface area contributed by atoms with Gasteiger partial charge in [0.05, 0.1) is 11.4 Å².